The van der Waals surface area contributed by atoms with Gasteiger partial charge in [0, 0.05) is 59.9 Å². The van der Waals surface area contributed by atoms with Crippen LogP contribution in [0.1, 0.15) is 61.3 Å². The molecule has 2 bridgehead atoms. The van der Waals surface area contributed by atoms with Gasteiger partial charge in [0.2, 0.25) is 5.91 Å². The third-order valence-electron chi connectivity index (χ3n) is 11.9. The van der Waals surface area contributed by atoms with Crippen molar-refractivity contribution in [3.8, 4) is 16.9 Å². The lowest BCUT2D eigenvalue weighted by Crippen LogP contribution is -2.62. The van der Waals surface area contributed by atoms with Gasteiger partial charge >= 0.3 is 0 Å². The predicted octanol–water partition coefficient (Wildman–Crippen LogP) is 5.12. The zero-order valence-corrected chi connectivity index (χ0v) is 31.7. The molecule has 3 saturated carbocycles. The van der Waals surface area contributed by atoms with E-state index in [1.165, 1.54) is 11.3 Å². The van der Waals surface area contributed by atoms with Crippen LogP contribution in [0.5, 0.6) is 5.75 Å². The Kier molecular flexibility index (Phi) is 11.1. The average molecular weight is 719 g/mol. The first kappa shape index (κ1) is 37.3. The molecule has 7 rings (SSSR count). The molecule has 11 heteroatoms. The van der Waals surface area contributed by atoms with Gasteiger partial charge in [-0.2, -0.15) is 5.06 Å². The number of carbonyl (C=O) groups excluding carboxylic acids is 2. The molecule has 51 heavy (non-hydrogen) atoms. The van der Waals surface area contributed by atoms with Crippen LogP contribution in [-0.2, 0) is 22.6 Å². The van der Waals surface area contributed by atoms with E-state index < -0.39 is 24.2 Å². The number of amides is 2. The molecule has 10 nitrogen and oxygen atoms in total. The van der Waals surface area contributed by atoms with Crippen LogP contribution in [0.3, 0.4) is 0 Å². The van der Waals surface area contributed by atoms with Crippen molar-refractivity contribution in [3.05, 3.63) is 69.9 Å². The Balaban J connectivity index is 1.26. The molecule has 2 aromatic carbocycles. The molecule has 3 aromatic rings. The van der Waals surface area contributed by atoms with E-state index in [0.29, 0.717) is 35.6 Å². The number of methoxy groups -OCH3 is 1. The lowest BCUT2D eigenvalue weighted by Gasteiger charge is -2.62. The summed E-state index contributed by atoms with van der Waals surface area (Å²) in [6, 6.07) is 14.9. The first-order valence-corrected chi connectivity index (χ1v) is 19.0. The van der Waals surface area contributed by atoms with E-state index in [1.807, 2.05) is 66.8 Å². The Bertz CT molecular complexity index is 1690. The zero-order valence-electron chi connectivity index (χ0n) is 30.9. The maximum atomic E-state index is 14.2. The number of aliphatic hydroxyl groups excluding tert-OH is 2. The number of anilines is 1. The first-order valence-electron chi connectivity index (χ1n) is 18.2. The summed E-state index contributed by atoms with van der Waals surface area (Å²) in [6.07, 6.45) is 1.27. The van der Waals surface area contributed by atoms with Gasteiger partial charge in [-0.05, 0) is 84.6 Å². The number of carbonyl (C=O) groups is 2. The largest absolute Gasteiger partial charge is 0.496 e. The van der Waals surface area contributed by atoms with Crippen LogP contribution < -0.4 is 20.3 Å². The summed E-state index contributed by atoms with van der Waals surface area (Å²) in [4.78, 5) is 37.0. The fraction of sp³-hybridized carbons (Fsp3) is 0.550. The van der Waals surface area contributed by atoms with E-state index in [-0.39, 0.29) is 36.4 Å². The summed E-state index contributed by atoms with van der Waals surface area (Å²) in [7, 11) is 5.49. The minimum atomic E-state index is -0.893. The number of para-hydroxylation sites is 1. The summed E-state index contributed by atoms with van der Waals surface area (Å²) in [5.74, 6) is 1.08. The third-order valence-corrected chi connectivity index (χ3v) is 12.9. The SMILES string of the molecule is COc1c(CN2O[C@@H](CO)C(C(C)O)[C@H]2C(=O)N[C@H]2C[C@@H]3C[C@@H]([C@@H]2C)C3(C)C)cccc1-c1cc(C(=O)NCCc2cccs2)cc(N(C)C)c1. The summed E-state index contributed by atoms with van der Waals surface area (Å²) in [6.45, 7) is 8.94. The maximum absolute atomic E-state index is 14.2. The van der Waals surface area contributed by atoms with Crippen molar-refractivity contribution >= 4 is 28.8 Å². The third kappa shape index (κ3) is 7.41. The second-order valence-corrected chi connectivity index (χ2v) is 16.5. The molecule has 1 aromatic heterocycles. The lowest BCUT2D eigenvalue weighted by molar-refractivity contribution is -0.183. The molecule has 0 radical (unpaired) electrons. The summed E-state index contributed by atoms with van der Waals surface area (Å²) in [5, 5.41) is 31.3. The van der Waals surface area contributed by atoms with E-state index >= 15 is 0 Å². The molecular formula is C40H54N4O6S. The number of ether oxygens (including phenoxy) is 1. The number of fused-ring (bicyclic) bond motifs is 2. The number of nitrogens with zero attached hydrogens (tertiary/aromatic N) is 2. The van der Waals surface area contributed by atoms with Gasteiger partial charge in [0.15, 0.2) is 0 Å². The van der Waals surface area contributed by atoms with Gasteiger partial charge in [-0.1, -0.05) is 45.0 Å². The fourth-order valence-corrected chi connectivity index (χ4v) is 9.55. The molecule has 8 atom stereocenters. The highest BCUT2D eigenvalue weighted by atomic mass is 32.1. The van der Waals surface area contributed by atoms with Crippen molar-refractivity contribution in [2.24, 2.45) is 29.1 Å². The molecule has 2 unspecified atom stereocenters. The van der Waals surface area contributed by atoms with Crippen LogP contribution in [0, 0.1) is 29.1 Å². The number of benzene rings is 2. The quantitative estimate of drug-likeness (QED) is 0.192. The van der Waals surface area contributed by atoms with E-state index in [1.54, 1.807) is 30.4 Å². The van der Waals surface area contributed by atoms with Crippen LogP contribution >= 0.6 is 11.3 Å². The number of thiophene rings is 1. The van der Waals surface area contributed by atoms with Crippen molar-refractivity contribution in [2.75, 3.05) is 39.3 Å². The minimum Gasteiger partial charge on any atom is -0.496 e. The monoisotopic (exact) mass is 718 g/mol. The van der Waals surface area contributed by atoms with E-state index in [0.717, 1.165) is 35.2 Å². The van der Waals surface area contributed by atoms with E-state index in [4.69, 9.17) is 9.57 Å². The molecule has 4 aliphatic rings. The Hall–Kier alpha value is -3.48. The fourth-order valence-electron chi connectivity index (χ4n) is 8.84. The molecule has 4 N–H and O–H groups in total. The number of hydrogen-bond acceptors (Lipinski definition) is 9. The Morgan fingerprint density at radius 3 is 2.57 bits per heavy atom. The molecule has 2 heterocycles. The van der Waals surface area contributed by atoms with Gasteiger partial charge in [0.25, 0.3) is 5.91 Å². The second-order valence-electron chi connectivity index (χ2n) is 15.5. The summed E-state index contributed by atoms with van der Waals surface area (Å²) in [5.41, 5.74) is 4.06. The molecule has 1 aliphatic heterocycles. The van der Waals surface area contributed by atoms with Crippen LogP contribution in [0.15, 0.2) is 53.9 Å². The van der Waals surface area contributed by atoms with Gasteiger partial charge in [0.1, 0.15) is 17.9 Å². The molecular weight excluding hydrogens is 665 g/mol. The van der Waals surface area contributed by atoms with E-state index in [2.05, 4.69) is 37.5 Å². The molecule has 1 saturated heterocycles. The smallest absolute Gasteiger partial charge is 0.251 e. The van der Waals surface area contributed by atoms with Crippen molar-refractivity contribution in [2.45, 2.75) is 77.8 Å². The number of hydroxylamine groups is 2. The number of hydrogen-bond donors (Lipinski definition) is 4. The molecule has 2 amide bonds. The predicted molar refractivity (Wildman–Crippen MR) is 201 cm³/mol. The lowest BCUT2D eigenvalue weighted by atomic mass is 9.45. The van der Waals surface area contributed by atoms with Gasteiger partial charge in [-0.15, -0.1) is 11.3 Å². The second kappa shape index (κ2) is 15.2. The first-order chi connectivity index (χ1) is 24.3. The van der Waals surface area contributed by atoms with Gasteiger partial charge in [0.05, 0.1) is 26.4 Å². The van der Waals surface area contributed by atoms with Crippen molar-refractivity contribution in [1.82, 2.24) is 15.7 Å². The Morgan fingerprint density at radius 1 is 1.16 bits per heavy atom. The van der Waals surface area contributed by atoms with Crippen molar-refractivity contribution < 1.29 is 29.4 Å². The normalized spacial score (nSPS) is 27.4. The summed E-state index contributed by atoms with van der Waals surface area (Å²) >= 11 is 1.68. The van der Waals surface area contributed by atoms with Crippen LogP contribution in [0.4, 0.5) is 5.69 Å². The molecule has 4 fully saturated rings. The van der Waals surface area contributed by atoms with Crippen LogP contribution in [0.2, 0.25) is 0 Å². The van der Waals surface area contributed by atoms with Gasteiger partial charge < -0.3 is 30.5 Å². The van der Waals surface area contributed by atoms with Crippen molar-refractivity contribution in [1.29, 1.82) is 0 Å². The Morgan fingerprint density at radius 2 is 1.94 bits per heavy atom. The number of nitrogens with one attached hydrogen (secondary N) is 2. The average Bonchev–Trinajstić information content (AvgIpc) is 3.76. The van der Waals surface area contributed by atoms with E-state index in [9.17, 15) is 19.8 Å². The molecule has 0 spiro atoms. The Labute approximate surface area is 306 Å². The van der Waals surface area contributed by atoms with Crippen molar-refractivity contribution in [3.63, 3.8) is 0 Å². The van der Waals surface area contributed by atoms with Gasteiger partial charge in [-0.3, -0.25) is 14.4 Å². The topological polar surface area (TPSA) is 124 Å². The zero-order chi connectivity index (χ0) is 36.6. The van der Waals surface area contributed by atoms with Gasteiger partial charge in [-0.25, -0.2) is 0 Å². The highest BCUT2D eigenvalue weighted by Crippen LogP contribution is 2.61. The molecule has 3 aliphatic carbocycles. The standard InChI is InChI=1S/C40H54N4O6S/c1-23-32-19-28(40(32,3)4)20-33(23)42-39(48)36-35(24(2)46)34(22-45)50-44(36)21-25-10-8-12-31(37(25)49-7)26-16-27(18-29(17-26)43(5)6)38(47)41-14-13-30-11-9-15-51-30/h8-12,15-18,23-24,28,32-36,45-46H,13-14,19-22H2,1-7H3,(H,41,47)(H,42,48)/t23-,24?,28-,32-,33-,34-,35?,36-/m0/s1. The highest BCUT2D eigenvalue weighted by Gasteiger charge is 2.57. The minimum absolute atomic E-state index is 0.0443. The highest BCUT2D eigenvalue weighted by molar-refractivity contribution is 7.09. The number of rotatable bonds is 13. The molecule has 276 valence electrons. The summed E-state index contributed by atoms with van der Waals surface area (Å²) < 4.78 is 6.05. The van der Waals surface area contributed by atoms with Crippen LogP contribution in [0.25, 0.3) is 11.1 Å². The number of aliphatic hydroxyl groups is 2. The maximum Gasteiger partial charge on any atom is 0.251 e. The van der Waals surface area contributed by atoms with Crippen LogP contribution in [-0.4, -0.2) is 85.7 Å².